The van der Waals surface area contributed by atoms with E-state index < -0.39 is 0 Å². The lowest BCUT2D eigenvalue weighted by atomic mass is 10.0. The number of nitrogens with zero attached hydrogens (tertiary/aromatic N) is 2. The Hall–Kier alpha value is -2.53. The lowest BCUT2D eigenvalue weighted by Crippen LogP contribution is -2.29. The highest BCUT2D eigenvalue weighted by atomic mass is 32.1. The number of pyridine rings is 1. The Bertz CT molecular complexity index is 776. The van der Waals surface area contributed by atoms with Crippen molar-refractivity contribution in [2.75, 3.05) is 0 Å². The third-order valence-electron chi connectivity index (χ3n) is 3.74. The van der Waals surface area contributed by atoms with Crippen molar-refractivity contribution < 1.29 is 4.79 Å². The van der Waals surface area contributed by atoms with Crippen molar-refractivity contribution in [3.05, 3.63) is 81.6 Å². The van der Waals surface area contributed by atoms with E-state index in [2.05, 4.69) is 15.3 Å². The first kappa shape index (κ1) is 16.3. The summed E-state index contributed by atoms with van der Waals surface area (Å²) in [6.07, 6.45) is 2.58. The summed E-state index contributed by atoms with van der Waals surface area (Å²) in [5, 5.41) is 4.09. The fraction of sp³-hybridized carbons (Fsp3) is 0.211. The van der Waals surface area contributed by atoms with Crippen molar-refractivity contribution in [3.8, 4) is 0 Å². The third-order valence-corrected chi connectivity index (χ3v) is 5.04. The molecule has 5 heteroatoms. The van der Waals surface area contributed by atoms with Crippen molar-refractivity contribution in [2.24, 2.45) is 0 Å². The first-order chi connectivity index (χ1) is 11.7. The van der Waals surface area contributed by atoms with Crippen molar-refractivity contribution in [3.63, 3.8) is 0 Å². The van der Waals surface area contributed by atoms with Gasteiger partial charge < -0.3 is 5.32 Å². The molecule has 0 saturated heterocycles. The molecule has 0 aliphatic rings. The molecule has 1 atom stereocenters. The first-order valence-corrected chi connectivity index (χ1v) is 8.73. The molecule has 0 radical (unpaired) electrons. The topological polar surface area (TPSA) is 54.9 Å². The van der Waals surface area contributed by atoms with E-state index in [1.807, 2.05) is 62.4 Å². The van der Waals surface area contributed by atoms with Gasteiger partial charge in [-0.15, -0.1) is 11.3 Å². The molecule has 3 aromatic rings. The van der Waals surface area contributed by atoms with Gasteiger partial charge in [-0.05, 0) is 31.0 Å². The number of benzene rings is 1. The summed E-state index contributed by atoms with van der Waals surface area (Å²) in [5.41, 5.74) is 2.60. The van der Waals surface area contributed by atoms with Gasteiger partial charge in [-0.2, -0.15) is 0 Å². The number of hydrogen-bond donors (Lipinski definition) is 1. The van der Waals surface area contributed by atoms with E-state index in [1.165, 1.54) is 11.3 Å². The van der Waals surface area contributed by atoms with Crippen molar-refractivity contribution in [1.82, 2.24) is 15.3 Å². The number of amides is 1. The van der Waals surface area contributed by atoms with Gasteiger partial charge in [0.25, 0.3) is 5.91 Å². The van der Waals surface area contributed by atoms with Crippen LogP contribution in [0, 0.1) is 6.92 Å². The highest BCUT2D eigenvalue weighted by molar-refractivity contribution is 7.13. The van der Waals surface area contributed by atoms with Crippen LogP contribution in [0.25, 0.3) is 0 Å². The summed E-state index contributed by atoms with van der Waals surface area (Å²) >= 11 is 1.46. The maximum absolute atomic E-state index is 12.8. The minimum Gasteiger partial charge on any atom is -0.339 e. The number of carbonyl (C=O) groups excluding carboxylic acids is 1. The molecule has 0 unspecified atom stereocenters. The number of aromatic nitrogens is 2. The highest BCUT2D eigenvalue weighted by Gasteiger charge is 2.21. The predicted molar refractivity (Wildman–Crippen MR) is 96.2 cm³/mol. The average molecular weight is 337 g/mol. The molecular formula is C19H19N3OS. The quantitative estimate of drug-likeness (QED) is 0.767. The number of hydrogen-bond acceptors (Lipinski definition) is 4. The maximum atomic E-state index is 12.8. The zero-order chi connectivity index (χ0) is 16.9. The van der Waals surface area contributed by atoms with Gasteiger partial charge in [0.15, 0.2) is 0 Å². The molecule has 0 aliphatic heterocycles. The van der Waals surface area contributed by atoms with E-state index in [9.17, 15) is 4.79 Å². The average Bonchev–Trinajstić information content (AvgIpc) is 3.02. The molecular weight excluding hydrogens is 318 g/mol. The van der Waals surface area contributed by atoms with Gasteiger partial charge >= 0.3 is 0 Å². The molecule has 0 fully saturated rings. The van der Waals surface area contributed by atoms with Gasteiger partial charge in [0.1, 0.15) is 4.88 Å². The summed E-state index contributed by atoms with van der Waals surface area (Å²) in [5.74, 6) is -0.107. The summed E-state index contributed by atoms with van der Waals surface area (Å²) in [7, 11) is 0. The second kappa shape index (κ2) is 7.36. The zero-order valence-electron chi connectivity index (χ0n) is 13.7. The smallest absolute Gasteiger partial charge is 0.264 e. The van der Waals surface area contributed by atoms with E-state index in [0.29, 0.717) is 4.88 Å². The van der Waals surface area contributed by atoms with E-state index >= 15 is 0 Å². The Balaban J connectivity index is 1.92. The minimum atomic E-state index is -0.286. The molecule has 0 spiro atoms. The summed E-state index contributed by atoms with van der Waals surface area (Å²) < 4.78 is 0. The van der Waals surface area contributed by atoms with Crippen molar-refractivity contribution in [2.45, 2.75) is 26.3 Å². The SMILES string of the molecule is CCc1nc(C)c(C(=O)N[C@H](c2ccccc2)c2ccccn2)s1. The molecule has 0 aliphatic carbocycles. The molecule has 1 aromatic carbocycles. The van der Waals surface area contributed by atoms with Crippen LogP contribution < -0.4 is 5.32 Å². The molecule has 2 heterocycles. The Labute approximate surface area is 145 Å². The largest absolute Gasteiger partial charge is 0.339 e. The number of carbonyl (C=O) groups is 1. The normalized spacial score (nSPS) is 11.9. The highest BCUT2D eigenvalue weighted by Crippen LogP contribution is 2.23. The summed E-state index contributed by atoms with van der Waals surface area (Å²) in [6.45, 7) is 3.92. The van der Waals surface area contributed by atoms with Crippen LogP contribution in [0.2, 0.25) is 0 Å². The fourth-order valence-electron chi connectivity index (χ4n) is 2.53. The van der Waals surface area contributed by atoms with Crippen LogP contribution in [0.5, 0.6) is 0 Å². The third kappa shape index (κ3) is 3.51. The molecule has 0 bridgehead atoms. The Morgan fingerprint density at radius 1 is 1.17 bits per heavy atom. The maximum Gasteiger partial charge on any atom is 0.264 e. The number of thiazole rings is 1. The van der Waals surface area contributed by atoms with E-state index in [4.69, 9.17) is 0 Å². The molecule has 2 aromatic heterocycles. The fourth-order valence-corrected chi connectivity index (χ4v) is 3.44. The lowest BCUT2D eigenvalue weighted by Gasteiger charge is -2.18. The van der Waals surface area contributed by atoms with Gasteiger partial charge in [-0.25, -0.2) is 4.98 Å². The zero-order valence-corrected chi connectivity index (χ0v) is 14.5. The van der Waals surface area contributed by atoms with E-state index in [1.54, 1.807) is 6.20 Å². The van der Waals surface area contributed by atoms with E-state index in [-0.39, 0.29) is 11.9 Å². The van der Waals surface area contributed by atoms with E-state index in [0.717, 1.165) is 28.4 Å². The van der Waals surface area contributed by atoms with Crippen LogP contribution in [0.15, 0.2) is 54.7 Å². The van der Waals surface area contributed by atoms with Crippen LogP contribution in [0.4, 0.5) is 0 Å². The first-order valence-electron chi connectivity index (χ1n) is 7.92. The number of aryl methyl sites for hydroxylation is 2. The van der Waals surface area contributed by atoms with Crippen LogP contribution >= 0.6 is 11.3 Å². The van der Waals surface area contributed by atoms with Gasteiger partial charge in [0.2, 0.25) is 0 Å². The summed E-state index contributed by atoms with van der Waals surface area (Å²) in [4.78, 5) is 22.3. The standard InChI is InChI=1S/C19H19N3OS/c1-3-16-21-13(2)18(24-16)19(23)22-17(14-9-5-4-6-10-14)15-11-7-8-12-20-15/h4-12,17H,3H2,1-2H3,(H,22,23)/t17-/m1/s1. The Morgan fingerprint density at radius 2 is 1.92 bits per heavy atom. The van der Waals surface area contributed by atoms with Crippen LogP contribution in [-0.2, 0) is 6.42 Å². The van der Waals surface area contributed by atoms with Crippen LogP contribution in [0.3, 0.4) is 0 Å². The number of nitrogens with one attached hydrogen (secondary N) is 1. The number of rotatable bonds is 5. The summed E-state index contributed by atoms with van der Waals surface area (Å²) in [6, 6.07) is 15.3. The van der Waals surface area contributed by atoms with Gasteiger partial charge in [-0.3, -0.25) is 9.78 Å². The Kier molecular flexibility index (Phi) is 5.01. The molecule has 1 N–H and O–H groups in total. The monoisotopic (exact) mass is 337 g/mol. The van der Waals surface area contributed by atoms with Crippen molar-refractivity contribution >= 4 is 17.2 Å². The second-order valence-corrected chi connectivity index (χ2v) is 6.53. The minimum absolute atomic E-state index is 0.107. The molecule has 0 saturated carbocycles. The predicted octanol–water partition coefficient (Wildman–Crippen LogP) is 3.93. The van der Waals surface area contributed by atoms with Crippen LogP contribution in [-0.4, -0.2) is 15.9 Å². The van der Waals surface area contributed by atoms with Gasteiger partial charge in [0, 0.05) is 6.20 Å². The Morgan fingerprint density at radius 3 is 2.54 bits per heavy atom. The lowest BCUT2D eigenvalue weighted by molar-refractivity contribution is 0.0945. The van der Waals surface area contributed by atoms with Gasteiger partial charge in [0.05, 0.1) is 22.4 Å². The van der Waals surface area contributed by atoms with Crippen molar-refractivity contribution in [1.29, 1.82) is 0 Å². The molecule has 24 heavy (non-hydrogen) atoms. The molecule has 3 rings (SSSR count). The van der Waals surface area contributed by atoms with Crippen LogP contribution in [0.1, 0.15) is 44.6 Å². The second-order valence-electron chi connectivity index (χ2n) is 5.45. The van der Waals surface area contributed by atoms with Gasteiger partial charge in [-0.1, -0.05) is 43.3 Å². The molecule has 4 nitrogen and oxygen atoms in total. The molecule has 122 valence electrons. The molecule has 1 amide bonds.